The first-order chi connectivity index (χ1) is 10.0. The highest BCUT2D eigenvalue weighted by Gasteiger charge is 2.14. The van der Waals surface area contributed by atoms with Crippen LogP contribution in [0, 0.1) is 5.82 Å². The third kappa shape index (κ3) is 3.94. The van der Waals surface area contributed by atoms with Crippen molar-refractivity contribution in [3.63, 3.8) is 0 Å². The summed E-state index contributed by atoms with van der Waals surface area (Å²) in [5.74, 6) is 5.34. The molecule has 0 amide bonds. The maximum absolute atomic E-state index is 13.1. The van der Waals surface area contributed by atoms with Crippen molar-refractivity contribution in [3.8, 4) is 0 Å². The topological polar surface area (TPSA) is 41.3 Å². The van der Waals surface area contributed by atoms with Crippen LogP contribution in [0.4, 0.5) is 10.1 Å². The fourth-order valence-electron chi connectivity index (χ4n) is 2.20. The molecule has 1 unspecified atom stereocenters. The van der Waals surface area contributed by atoms with Crippen molar-refractivity contribution in [2.75, 3.05) is 19.0 Å². The average molecular weight is 308 g/mol. The van der Waals surface area contributed by atoms with Crippen LogP contribution in [0.25, 0.3) is 0 Å². The minimum atomic E-state index is -0.337. The maximum Gasteiger partial charge on any atom is 0.124 e. The number of hydrogen-bond acceptors (Lipinski definition) is 3. The van der Waals surface area contributed by atoms with E-state index in [2.05, 4.69) is 11.5 Å². The van der Waals surface area contributed by atoms with Crippen LogP contribution in [0.2, 0.25) is 5.02 Å². The summed E-state index contributed by atoms with van der Waals surface area (Å²) >= 11 is 6.08. The maximum atomic E-state index is 13.1. The van der Waals surface area contributed by atoms with Gasteiger partial charge in [-0.2, -0.15) is 0 Å². The van der Waals surface area contributed by atoms with Gasteiger partial charge in [-0.25, -0.2) is 4.39 Å². The summed E-state index contributed by atoms with van der Waals surface area (Å²) in [6.45, 7) is 0. The predicted octanol–water partition coefficient (Wildman–Crippen LogP) is 3.29. The molecule has 0 saturated carbocycles. The summed E-state index contributed by atoms with van der Waals surface area (Å²) in [6, 6.07) is 12.4. The molecular weight excluding hydrogens is 289 g/mol. The molecule has 3 N–H and O–H groups in total. The third-order valence-corrected chi connectivity index (χ3v) is 3.78. The minimum Gasteiger partial charge on any atom is -0.378 e. The summed E-state index contributed by atoms with van der Waals surface area (Å²) in [6.07, 6.45) is 0.590. The van der Waals surface area contributed by atoms with Crippen molar-refractivity contribution in [3.05, 3.63) is 64.4 Å². The Balaban J connectivity index is 2.25. The van der Waals surface area contributed by atoms with Crippen LogP contribution in [0.5, 0.6) is 0 Å². The summed E-state index contributed by atoms with van der Waals surface area (Å²) in [5.41, 5.74) is 5.82. The summed E-state index contributed by atoms with van der Waals surface area (Å²) in [5, 5.41) is 0.416. The molecule has 0 bridgehead atoms. The lowest BCUT2D eigenvalue weighted by atomic mass is 9.98. The third-order valence-electron chi connectivity index (χ3n) is 3.43. The van der Waals surface area contributed by atoms with Gasteiger partial charge in [0.15, 0.2) is 0 Å². The molecule has 0 saturated heterocycles. The molecule has 2 aromatic rings. The van der Waals surface area contributed by atoms with Gasteiger partial charge in [0, 0.05) is 24.8 Å². The number of nitrogens with zero attached hydrogens (tertiary/aromatic N) is 1. The van der Waals surface area contributed by atoms with Crippen molar-refractivity contribution >= 4 is 17.3 Å². The lowest BCUT2D eigenvalue weighted by molar-refractivity contribution is 0.551. The fraction of sp³-hybridized carbons (Fsp3) is 0.250. The Morgan fingerprint density at radius 2 is 2.00 bits per heavy atom. The molecule has 5 heteroatoms. The Bertz CT molecular complexity index is 616. The van der Waals surface area contributed by atoms with Crippen LogP contribution < -0.4 is 16.2 Å². The van der Waals surface area contributed by atoms with E-state index in [-0.39, 0.29) is 11.9 Å². The van der Waals surface area contributed by atoms with Crippen molar-refractivity contribution in [2.45, 2.75) is 12.5 Å². The van der Waals surface area contributed by atoms with Gasteiger partial charge in [0.1, 0.15) is 5.82 Å². The number of rotatable bonds is 5. The van der Waals surface area contributed by atoms with Gasteiger partial charge < -0.3 is 4.90 Å². The largest absolute Gasteiger partial charge is 0.378 e. The number of benzene rings is 2. The van der Waals surface area contributed by atoms with Gasteiger partial charge >= 0.3 is 0 Å². The van der Waals surface area contributed by atoms with E-state index in [0.29, 0.717) is 11.4 Å². The Hall–Kier alpha value is -1.62. The van der Waals surface area contributed by atoms with Crippen molar-refractivity contribution in [2.24, 2.45) is 5.84 Å². The number of nitrogens with one attached hydrogen (secondary N) is 1. The Labute approximate surface area is 129 Å². The molecule has 0 aliphatic carbocycles. The first-order valence-corrected chi connectivity index (χ1v) is 7.06. The van der Waals surface area contributed by atoms with Crippen LogP contribution >= 0.6 is 11.6 Å². The van der Waals surface area contributed by atoms with Crippen LogP contribution in [-0.4, -0.2) is 14.1 Å². The molecule has 1 atom stereocenters. The molecule has 3 nitrogen and oxygen atoms in total. The normalized spacial score (nSPS) is 12.2. The second-order valence-corrected chi connectivity index (χ2v) is 5.56. The molecule has 0 aromatic heterocycles. The van der Waals surface area contributed by atoms with Crippen molar-refractivity contribution in [1.82, 2.24) is 5.43 Å². The zero-order chi connectivity index (χ0) is 15.4. The molecule has 2 rings (SSSR count). The predicted molar refractivity (Wildman–Crippen MR) is 85.9 cm³/mol. The second kappa shape index (κ2) is 6.89. The summed E-state index contributed by atoms with van der Waals surface area (Å²) < 4.78 is 13.1. The zero-order valence-electron chi connectivity index (χ0n) is 12.1. The summed E-state index contributed by atoms with van der Waals surface area (Å²) in [7, 11) is 3.97. The average Bonchev–Trinajstić information content (AvgIpc) is 2.46. The Kier molecular flexibility index (Phi) is 5.17. The molecule has 0 fully saturated rings. The van der Waals surface area contributed by atoms with Crippen LogP contribution in [-0.2, 0) is 6.42 Å². The van der Waals surface area contributed by atoms with E-state index < -0.39 is 0 Å². The highest BCUT2D eigenvalue weighted by molar-refractivity contribution is 6.31. The molecule has 2 aromatic carbocycles. The lowest BCUT2D eigenvalue weighted by Gasteiger charge is -2.20. The van der Waals surface area contributed by atoms with Crippen LogP contribution in [0.3, 0.4) is 0 Å². The van der Waals surface area contributed by atoms with E-state index in [1.807, 2.05) is 37.2 Å². The first-order valence-electron chi connectivity index (χ1n) is 6.68. The molecule has 0 spiro atoms. The quantitative estimate of drug-likeness (QED) is 0.658. The fourth-order valence-corrected chi connectivity index (χ4v) is 2.44. The number of nitrogens with two attached hydrogens (primary N) is 1. The monoisotopic (exact) mass is 307 g/mol. The Morgan fingerprint density at radius 3 is 2.62 bits per heavy atom. The lowest BCUT2D eigenvalue weighted by Crippen LogP contribution is -2.29. The van der Waals surface area contributed by atoms with E-state index in [1.165, 1.54) is 12.1 Å². The van der Waals surface area contributed by atoms with Gasteiger partial charge in [0.25, 0.3) is 0 Å². The molecule has 112 valence electrons. The smallest absolute Gasteiger partial charge is 0.124 e. The van der Waals surface area contributed by atoms with Crippen LogP contribution in [0.15, 0.2) is 42.5 Å². The second-order valence-electron chi connectivity index (χ2n) is 5.15. The van der Waals surface area contributed by atoms with E-state index in [0.717, 1.165) is 16.8 Å². The zero-order valence-corrected chi connectivity index (χ0v) is 12.9. The molecule has 21 heavy (non-hydrogen) atoms. The highest BCUT2D eigenvalue weighted by atomic mass is 35.5. The van der Waals surface area contributed by atoms with Gasteiger partial charge in [-0.3, -0.25) is 11.3 Å². The van der Waals surface area contributed by atoms with Crippen molar-refractivity contribution in [1.29, 1.82) is 0 Å². The molecule has 0 aliphatic rings. The standard InChI is InChI=1S/C16H19ClFN3/c1-21(2)14-5-3-4-12(8-14)16(20-19)9-11-6-7-13(18)10-15(11)17/h3-8,10,16,20H,9,19H2,1-2H3. The molecule has 0 heterocycles. The van der Waals surface area contributed by atoms with E-state index in [1.54, 1.807) is 6.07 Å². The van der Waals surface area contributed by atoms with Gasteiger partial charge in [0.05, 0.1) is 6.04 Å². The SMILES string of the molecule is CN(C)c1cccc(C(Cc2ccc(F)cc2Cl)NN)c1. The van der Waals surface area contributed by atoms with Gasteiger partial charge in [-0.15, -0.1) is 0 Å². The van der Waals surface area contributed by atoms with Gasteiger partial charge in [-0.05, 0) is 41.8 Å². The first kappa shape index (κ1) is 15.8. The summed E-state index contributed by atoms with van der Waals surface area (Å²) in [4.78, 5) is 2.03. The highest BCUT2D eigenvalue weighted by Crippen LogP contribution is 2.26. The van der Waals surface area contributed by atoms with E-state index in [9.17, 15) is 4.39 Å². The molecule has 0 radical (unpaired) electrons. The van der Waals surface area contributed by atoms with Gasteiger partial charge in [-0.1, -0.05) is 29.8 Å². The molecule has 0 aliphatic heterocycles. The number of hydrogen-bond donors (Lipinski definition) is 2. The van der Waals surface area contributed by atoms with E-state index >= 15 is 0 Å². The number of anilines is 1. The Morgan fingerprint density at radius 1 is 1.24 bits per heavy atom. The number of halogens is 2. The minimum absolute atomic E-state index is 0.0899. The number of hydrazine groups is 1. The van der Waals surface area contributed by atoms with Crippen molar-refractivity contribution < 1.29 is 4.39 Å². The van der Waals surface area contributed by atoms with E-state index in [4.69, 9.17) is 17.4 Å². The molecular formula is C16H19ClFN3. The van der Waals surface area contributed by atoms with Crippen LogP contribution in [0.1, 0.15) is 17.2 Å². The van der Waals surface area contributed by atoms with Gasteiger partial charge in [0.2, 0.25) is 0 Å².